The van der Waals surface area contributed by atoms with Crippen molar-refractivity contribution in [1.29, 1.82) is 0 Å². The Labute approximate surface area is 215 Å². The zero-order valence-corrected chi connectivity index (χ0v) is 22.5. The van der Waals surface area contributed by atoms with Gasteiger partial charge in [0.05, 0.1) is 18.4 Å². The quantitative estimate of drug-likeness (QED) is 0.313. The number of benzene rings is 2. The van der Waals surface area contributed by atoms with Gasteiger partial charge in [-0.05, 0) is 50.0 Å². The fraction of sp³-hybridized carbons (Fsp3) is 0.481. The predicted octanol–water partition coefficient (Wildman–Crippen LogP) is 3.86. The Kier molecular flexibility index (Phi) is 11.1. The van der Waals surface area contributed by atoms with Crippen molar-refractivity contribution < 1.29 is 13.2 Å². The summed E-state index contributed by atoms with van der Waals surface area (Å²) < 4.78 is 36.4. The molecule has 0 fully saturated rings. The molecule has 1 aromatic heterocycles. The molecule has 0 saturated carbocycles. The Hall–Kier alpha value is -2.59. The zero-order valence-electron chi connectivity index (χ0n) is 21.6. The third kappa shape index (κ3) is 9.13. The summed E-state index contributed by atoms with van der Waals surface area (Å²) in [7, 11) is -1.70. The van der Waals surface area contributed by atoms with E-state index in [2.05, 4.69) is 45.7 Å². The first-order valence-electron chi connectivity index (χ1n) is 12.7. The first kappa shape index (κ1) is 28.0. The smallest absolute Gasteiger partial charge is 0.212 e. The summed E-state index contributed by atoms with van der Waals surface area (Å²) in [5.74, 6) is 1.21. The molecule has 0 spiro atoms. The van der Waals surface area contributed by atoms with Crippen LogP contribution in [-0.2, 0) is 41.4 Å². The van der Waals surface area contributed by atoms with Crippen molar-refractivity contribution in [2.45, 2.75) is 52.4 Å². The van der Waals surface area contributed by atoms with Crippen LogP contribution < -0.4 is 4.72 Å². The maximum Gasteiger partial charge on any atom is 0.212 e. The topological polar surface area (TPSA) is 89.3 Å². The van der Waals surface area contributed by atoms with Crippen LogP contribution in [0.2, 0.25) is 0 Å². The molecule has 1 atom stereocenters. The van der Waals surface area contributed by atoms with Gasteiger partial charge in [-0.3, -0.25) is 4.68 Å². The minimum absolute atomic E-state index is 0.0796. The van der Waals surface area contributed by atoms with Gasteiger partial charge in [-0.1, -0.05) is 74.5 Å². The summed E-state index contributed by atoms with van der Waals surface area (Å²) in [6.45, 7) is 7.48. The summed E-state index contributed by atoms with van der Waals surface area (Å²) in [5, 5.41) is 4.49. The molecule has 3 aromatic rings. The lowest BCUT2D eigenvalue weighted by atomic mass is 10.1. The molecule has 0 unspecified atom stereocenters. The second kappa shape index (κ2) is 14.2. The number of hydrogen-bond acceptors (Lipinski definition) is 6. The molecule has 1 N–H and O–H groups in total. The van der Waals surface area contributed by atoms with Gasteiger partial charge in [-0.15, -0.1) is 0 Å². The first-order valence-corrected chi connectivity index (χ1v) is 14.3. The molecule has 1 heterocycles. The van der Waals surface area contributed by atoms with Crippen LogP contribution in [0.5, 0.6) is 0 Å². The van der Waals surface area contributed by atoms with Crippen molar-refractivity contribution in [3.63, 3.8) is 0 Å². The normalized spacial score (nSPS) is 12.8. The third-order valence-corrected chi connectivity index (χ3v) is 7.63. The standard InChI is InChI=1S/C27H39N5O3S/c1-4-32(5-2)19-12-20-36(33,34)30-25(18-17-23-13-8-6-9-14-23)27-28-26(29-31(27)3)22-35-21-24-15-10-7-11-16-24/h6-11,13-16,25,30H,4-5,12,17-22H2,1-3H3/t25-/m1/s1. The van der Waals surface area contributed by atoms with Crippen molar-refractivity contribution >= 4 is 10.0 Å². The van der Waals surface area contributed by atoms with E-state index < -0.39 is 16.1 Å². The molecular formula is C27H39N5O3S. The fourth-order valence-electron chi connectivity index (χ4n) is 4.14. The molecule has 0 amide bonds. The highest BCUT2D eigenvalue weighted by atomic mass is 32.2. The van der Waals surface area contributed by atoms with Gasteiger partial charge < -0.3 is 9.64 Å². The molecule has 0 aliphatic carbocycles. The average molecular weight is 514 g/mol. The van der Waals surface area contributed by atoms with Crippen molar-refractivity contribution in [3.05, 3.63) is 83.4 Å². The van der Waals surface area contributed by atoms with Crippen molar-refractivity contribution in [2.75, 3.05) is 25.4 Å². The predicted molar refractivity (Wildman–Crippen MR) is 143 cm³/mol. The van der Waals surface area contributed by atoms with E-state index in [1.807, 2.05) is 48.5 Å². The van der Waals surface area contributed by atoms with Crippen LogP contribution in [0.3, 0.4) is 0 Å². The summed E-state index contributed by atoms with van der Waals surface area (Å²) >= 11 is 0. The molecule has 0 saturated heterocycles. The fourth-order valence-corrected chi connectivity index (χ4v) is 5.42. The van der Waals surface area contributed by atoms with Crippen molar-refractivity contribution in [3.8, 4) is 0 Å². The molecule has 0 aliphatic heterocycles. The Morgan fingerprint density at radius 3 is 2.25 bits per heavy atom. The van der Waals surface area contributed by atoms with Gasteiger partial charge in [0, 0.05) is 7.05 Å². The molecule has 36 heavy (non-hydrogen) atoms. The number of ether oxygens (including phenoxy) is 1. The van der Waals surface area contributed by atoms with E-state index in [9.17, 15) is 8.42 Å². The van der Waals surface area contributed by atoms with E-state index in [1.165, 1.54) is 0 Å². The molecule has 9 heteroatoms. The van der Waals surface area contributed by atoms with E-state index in [-0.39, 0.29) is 12.4 Å². The van der Waals surface area contributed by atoms with Crippen LogP contribution in [0.1, 0.15) is 55.5 Å². The monoisotopic (exact) mass is 513 g/mol. The van der Waals surface area contributed by atoms with Gasteiger partial charge in [0.25, 0.3) is 0 Å². The molecular weight excluding hydrogens is 474 g/mol. The minimum atomic E-state index is -3.49. The molecule has 0 aliphatic rings. The Morgan fingerprint density at radius 1 is 0.972 bits per heavy atom. The first-order chi connectivity index (χ1) is 17.4. The lowest BCUT2D eigenvalue weighted by Gasteiger charge is -2.20. The maximum absolute atomic E-state index is 13.0. The summed E-state index contributed by atoms with van der Waals surface area (Å²) in [6, 6.07) is 19.5. The average Bonchev–Trinajstić information content (AvgIpc) is 3.25. The number of nitrogens with one attached hydrogen (secondary N) is 1. The van der Waals surface area contributed by atoms with Gasteiger partial charge >= 0.3 is 0 Å². The molecule has 196 valence electrons. The lowest BCUT2D eigenvalue weighted by Crippen LogP contribution is -2.34. The second-order valence-corrected chi connectivity index (χ2v) is 10.8. The SMILES string of the molecule is CCN(CC)CCCS(=O)(=O)N[C@H](CCc1ccccc1)c1nc(COCc2ccccc2)nn1C. The van der Waals surface area contributed by atoms with Gasteiger partial charge in [0.2, 0.25) is 10.0 Å². The van der Waals surface area contributed by atoms with E-state index in [0.29, 0.717) is 31.1 Å². The number of hydrogen-bond donors (Lipinski definition) is 1. The molecule has 8 nitrogen and oxygen atoms in total. The Morgan fingerprint density at radius 2 is 1.61 bits per heavy atom. The van der Waals surface area contributed by atoms with E-state index in [4.69, 9.17) is 4.74 Å². The van der Waals surface area contributed by atoms with Crippen LogP contribution in [0, 0.1) is 0 Å². The third-order valence-electron chi connectivity index (χ3n) is 6.16. The number of sulfonamides is 1. The largest absolute Gasteiger partial charge is 0.369 e. The van der Waals surface area contributed by atoms with Crippen LogP contribution in [0.15, 0.2) is 60.7 Å². The molecule has 2 aromatic carbocycles. The van der Waals surface area contributed by atoms with Crippen LogP contribution in [0.4, 0.5) is 0 Å². The number of nitrogens with zero attached hydrogens (tertiary/aromatic N) is 4. The maximum atomic E-state index is 13.0. The highest BCUT2D eigenvalue weighted by molar-refractivity contribution is 7.89. The van der Waals surface area contributed by atoms with Crippen molar-refractivity contribution in [1.82, 2.24) is 24.4 Å². The summed E-state index contributed by atoms with van der Waals surface area (Å²) in [4.78, 5) is 6.89. The summed E-state index contributed by atoms with van der Waals surface area (Å²) in [5.41, 5.74) is 2.23. The number of aromatic nitrogens is 3. The minimum Gasteiger partial charge on any atom is -0.369 e. The molecule has 0 bridgehead atoms. The van der Waals surface area contributed by atoms with Gasteiger partial charge in [0.15, 0.2) is 5.82 Å². The van der Waals surface area contributed by atoms with Gasteiger partial charge in [-0.2, -0.15) is 5.10 Å². The molecule has 0 radical (unpaired) electrons. The second-order valence-electron chi connectivity index (χ2n) is 8.88. The van der Waals surface area contributed by atoms with Crippen molar-refractivity contribution in [2.24, 2.45) is 7.05 Å². The summed E-state index contributed by atoms with van der Waals surface area (Å²) in [6.07, 6.45) is 1.89. The van der Waals surface area contributed by atoms with E-state index >= 15 is 0 Å². The van der Waals surface area contributed by atoms with Gasteiger partial charge in [0.1, 0.15) is 12.4 Å². The van der Waals surface area contributed by atoms with Crippen LogP contribution in [-0.4, -0.2) is 53.5 Å². The van der Waals surface area contributed by atoms with Gasteiger partial charge in [-0.25, -0.2) is 18.1 Å². The lowest BCUT2D eigenvalue weighted by molar-refractivity contribution is 0.102. The van der Waals surface area contributed by atoms with Crippen LogP contribution in [0.25, 0.3) is 0 Å². The van der Waals surface area contributed by atoms with E-state index in [0.717, 1.165) is 37.2 Å². The highest BCUT2D eigenvalue weighted by Gasteiger charge is 2.24. The van der Waals surface area contributed by atoms with Crippen LogP contribution >= 0.6 is 0 Å². The van der Waals surface area contributed by atoms with E-state index in [1.54, 1.807) is 11.7 Å². The zero-order chi connectivity index (χ0) is 25.8. The highest BCUT2D eigenvalue weighted by Crippen LogP contribution is 2.20. The Bertz CT molecular complexity index is 1130. The number of rotatable bonds is 16. The molecule has 3 rings (SSSR count). The number of aryl methyl sites for hydroxylation is 2. The Balaban J connectivity index is 1.68.